The zero-order chi connectivity index (χ0) is 22.8. The van der Waals surface area contributed by atoms with Gasteiger partial charge in [0.15, 0.2) is 21.7 Å². The summed E-state index contributed by atoms with van der Waals surface area (Å²) < 4.78 is 35.3. The molecule has 10 heteroatoms. The van der Waals surface area contributed by atoms with E-state index < -0.39 is 39.1 Å². The molecular formula is C21H22N2O7S. The fourth-order valence-corrected chi connectivity index (χ4v) is 4.23. The van der Waals surface area contributed by atoms with Gasteiger partial charge in [-0.1, -0.05) is 0 Å². The molecule has 2 amide bonds. The van der Waals surface area contributed by atoms with Gasteiger partial charge < -0.3 is 19.7 Å². The van der Waals surface area contributed by atoms with Crippen molar-refractivity contribution in [1.82, 2.24) is 0 Å². The Labute approximate surface area is 179 Å². The number of likely N-dealkylation sites (N-methyl/N-ethyl adjacent to an activating group) is 1. The summed E-state index contributed by atoms with van der Waals surface area (Å²) in [7, 11) is -0.960. The highest BCUT2D eigenvalue weighted by atomic mass is 32.2. The monoisotopic (exact) mass is 446 g/mol. The Bertz CT molecular complexity index is 1130. The molecule has 0 saturated carbocycles. The van der Waals surface area contributed by atoms with Crippen LogP contribution in [0.4, 0.5) is 11.4 Å². The van der Waals surface area contributed by atoms with E-state index in [0.717, 1.165) is 0 Å². The standard InChI is InChI=1S/C21H22N2O7S/c1-13-21(26)23(2)17-10-14(4-9-19(17)30-13)18(24)11-31(27,28)12-20(25)22-15-5-7-16(29-3)8-6-15/h4-10,13H,11-12H2,1-3H3,(H,22,25). The van der Waals surface area contributed by atoms with Crippen molar-refractivity contribution in [1.29, 1.82) is 0 Å². The number of ketones is 1. The fourth-order valence-electron chi connectivity index (χ4n) is 3.09. The summed E-state index contributed by atoms with van der Waals surface area (Å²) >= 11 is 0. The van der Waals surface area contributed by atoms with E-state index in [1.165, 1.54) is 30.2 Å². The Morgan fingerprint density at radius 2 is 1.81 bits per heavy atom. The number of ether oxygens (including phenoxy) is 2. The first kappa shape index (κ1) is 22.3. The molecule has 1 aliphatic rings. The first-order valence-electron chi connectivity index (χ1n) is 9.35. The van der Waals surface area contributed by atoms with Crippen molar-refractivity contribution in [3.63, 3.8) is 0 Å². The summed E-state index contributed by atoms with van der Waals surface area (Å²) in [5.41, 5.74) is 0.892. The van der Waals surface area contributed by atoms with E-state index in [-0.39, 0.29) is 11.5 Å². The quantitative estimate of drug-likeness (QED) is 0.643. The molecule has 0 aromatic heterocycles. The summed E-state index contributed by atoms with van der Waals surface area (Å²) in [6.07, 6.45) is -0.649. The van der Waals surface area contributed by atoms with Crippen LogP contribution in [0.2, 0.25) is 0 Å². The molecule has 164 valence electrons. The third-order valence-electron chi connectivity index (χ3n) is 4.70. The highest BCUT2D eigenvalue weighted by Crippen LogP contribution is 2.34. The van der Waals surface area contributed by atoms with E-state index in [4.69, 9.17) is 9.47 Å². The van der Waals surface area contributed by atoms with Crippen molar-refractivity contribution in [2.24, 2.45) is 0 Å². The second kappa shape index (κ2) is 8.76. The van der Waals surface area contributed by atoms with Crippen LogP contribution in [0, 0.1) is 0 Å². The molecule has 1 atom stereocenters. The Balaban J connectivity index is 1.66. The second-order valence-corrected chi connectivity index (χ2v) is 9.14. The zero-order valence-corrected chi connectivity index (χ0v) is 18.1. The second-order valence-electron chi connectivity index (χ2n) is 7.07. The average molecular weight is 446 g/mol. The first-order valence-corrected chi connectivity index (χ1v) is 11.2. The topological polar surface area (TPSA) is 119 Å². The maximum absolute atomic E-state index is 12.5. The van der Waals surface area contributed by atoms with Gasteiger partial charge in [0.25, 0.3) is 5.91 Å². The average Bonchev–Trinajstić information content (AvgIpc) is 2.71. The molecule has 2 aromatic carbocycles. The van der Waals surface area contributed by atoms with Crippen molar-refractivity contribution in [2.45, 2.75) is 13.0 Å². The van der Waals surface area contributed by atoms with Crippen LogP contribution in [-0.4, -0.2) is 57.8 Å². The SMILES string of the molecule is COc1ccc(NC(=O)CS(=O)(=O)CC(=O)c2ccc3c(c2)N(C)C(=O)C(C)O3)cc1. The number of carbonyl (C=O) groups excluding carboxylic acids is 3. The predicted octanol–water partition coefficient (Wildman–Crippen LogP) is 1.68. The minimum absolute atomic E-state index is 0.107. The first-order chi connectivity index (χ1) is 14.6. The lowest BCUT2D eigenvalue weighted by molar-refractivity contribution is -0.125. The van der Waals surface area contributed by atoms with Crippen LogP contribution in [0.25, 0.3) is 0 Å². The number of nitrogens with zero attached hydrogens (tertiary/aromatic N) is 1. The molecule has 1 heterocycles. The minimum Gasteiger partial charge on any atom is -0.497 e. The number of amides is 2. The number of methoxy groups -OCH3 is 1. The predicted molar refractivity (Wildman–Crippen MR) is 115 cm³/mol. The Kier molecular flexibility index (Phi) is 6.30. The van der Waals surface area contributed by atoms with Gasteiger partial charge in [-0.3, -0.25) is 14.4 Å². The molecule has 31 heavy (non-hydrogen) atoms. The van der Waals surface area contributed by atoms with E-state index in [2.05, 4.69) is 5.32 Å². The number of hydrogen-bond donors (Lipinski definition) is 1. The zero-order valence-electron chi connectivity index (χ0n) is 17.2. The number of rotatable bonds is 7. The van der Waals surface area contributed by atoms with Crippen molar-refractivity contribution in [3.05, 3.63) is 48.0 Å². The highest BCUT2D eigenvalue weighted by Gasteiger charge is 2.30. The van der Waals surface area contributed by atoms with Gasteiger partial charge in [-0.05, 0) is 49.4 Å². The van der Waals surface area contributed by atoms with E-state index in [9.17, 15) is 22.8 Å². The molecule has 0 aliphatic carbocycles. The summed E-state index contributed by atoms with van der Waals surface area (Å²) in [5, 5.41) is 2.47. The number of benzene rings is 2. The maximum Gasteiger partial charge on any atom is 0.267 e. The van der Waals surface area contributed by atoms with E-state index >= 15 is 0 Å². The number of carbonyl (C=O) groups is 3. The van der Waals surface area contributed by atoms with Gasteiger partial charge >= 0.3 is 0 Å². The molecule has 3 rings (SSSR count). The summed E-state index contributed by atoms with van der Waals surface area (Å²) in [4.78, 5) is 38.1. The number of fused-ring (bicyclic) bond motifs is 1. The number of Topliss-reactive ketones (excluding diaryl/α,β-unsaturated/α-hetero) is 1. The van der Waals surface area contributed by atoms with Crippen LogP contribution in [0.1, 0.15) is 17.3 Å². The molecule has 0 radical (unpaired) electrons. The van der Waals surface area contributed by atoms with Crippen LogP contribution in [0.3, 0.4) is 0 Å². The van der Waals surface area contributed by atoms with Gasteiger partial charge in [-0.25, -0.2) is 8.42 Å². The van der Waals surface area contributed by atoms with Crippen LogP contribution in [-0.2, 0) is 19.4 Å². The number of hydrogen-bond acceptors (Lipinski definition) is 7. The third kappa shape index (κ3) is 5.21. The number of anilines is 2. The molecule has 0 spiro atoms. The molecule has 0 saturated heterocycles. The summed E-state index contributed by atoms with van der Waals surface area (Å²) in [6, 6.07) is 10.8. The molecule has 2 aromatic rings. The highest BCUT2D eigenvalue weighted by molar-refractivity contribution is 7.92. The Hall–Kier alpha value is -3.40. The van der Waals surface area contributed by atoms with Crippen molar-refractivity contribution < 1.29 is 32.3 Å². The number of sulfone groups is 1. The van der Waals surface area contributed by atoms with Gasteiger partial charge in [-0.15, -0.1) is 0 Å². The Morgan fingerprint density at radius 3 is 2.45 bits per heavy atom. The fraction of sp³-hybridized carbons (Fsp3) is 0.286. The molecular weight excluding hydrogens is 424 g/mol. The molecule has 0 fully saturated rings. The summed E-state index contributed by atoms with van der Waals surface area (Å²) in [5.74, 6) is -2.37. The van der Waals surface area contributed by atoms with Gasteiger partial charge in [-0.2, -0.15) is 0 Å². The Morgan fingerprint density at radius 1 is 1.13 bits per heavy atom. The smallest absolute Gasteiger partial charge is 0.267 e. The largest absolute Gasteiger partial charge is 0.497 e. The normalized spacial score (nSPS) is 15.6. The molecule has 1 N–H and O–H groups in total. The van der Waals surface area contributed by atoms with Gasteiger partial charge in [0, 0.05) is 18.3 Å². The molecule has 1 aliphatic heterocycles. The van der Waals surface area contributed by atoms with Crippen LogP contribution in [0.15, 0.2) is 42.5 Å². The van der Waals surface area contributed by atoms with Crippen LogP contribution < -0.4 is 19.7 Å². The van der Waals surface area contributed by atoms with Crippen LogP contribution in [0.5, 0.6) is 11.5 Å². The van der Waals surface area contributed by atoms with Crippen molar-refractivity contribution in [3.8, 4) is 11.5 Å². The summed E-state index contributed by atoms with van der Waals surface area (Å²) in [6.45, 7) is 1.62. The molecule has 9 nitrogen and oxygen atoms in total. The lowest BCUT2D eigenvalue weighted by atomic mass is 10.1. The number of nitrogens with one attached hydrogen (secondary N) is 1. The van der Waals surface area contributed by atoms with Crippen LogP contribution >= 0.6 is 0 Å². The minimum atomic E-state index is -4.01. The van der Waals surface area contributed by atoms with Gasteiger partial charge in [0.05, 0.1) is 12.8 Å². The van der Waals surface area contributed by atoms with Gasteiger partial charge in [0.2, 0.25) is 5.91 Å². The van der Waals surface area contributed by atoms with Crippen molar-refractivity contribution >= 4 is 38.8 Å². The van der Waals surface area contributed by atoms with E-state index in [1.54, 1.807) is 38.2 Å². The third-order valence-corrected chi connectivity index (χ3v) is 6.10. The lowest BCUT2D eigenvalue weighted by Crippen LogP contribution is -2.42. The molecule has 0 bridgehead atoms. The maximum atomic E-state index is 12.5. The lowest BCUT2D eigenvalue weighted by Gasteiger charge is -2.30. The van der Waals surface area contributed by atoms with Crippen molar-refractivity contribution in [2.75, 3.05) is 35.9 Å². The van der Waals surface area contributed by atoms with E-state index in [0.29, 0.717) is 22.9 Å². The van der Waals surface area contributed by atoms with E-state index in [1.807, 2.05) is 0 Å². The van der Waals surface area contributed by atoms with Gasteiger partial charge in [0.1, 0.15) is 23.0 Å². The molecule has 1 unspecified atom stereocenters.